The molecule has 3 aliphatic heterocycles. The maximum absolute atomic E-state index is 5.91. The molecule has 3 unspecified atom stereocenters. The predicted molar refractivity (Wildman–Crippen MR) is 120 cm³/mol. The highest BCUT2D eigenvalue weighted by Crippen LogP contribution is 2.34. The molecule has 2 bridgehead atoms. The maximum Gasteiger partial charge on any atom is 0.191 e. The van der Waals surface area contributed by atoms with Gasteiger partial charge in [-0.2, -0.15) is 0 Å². The van der Waals surface area contributed by atoms with Crippen LogP contribution in [0.15, 0.2) is 23.3 Å². The zero-order chi connectivity index (χ0) is 17.9. The molecule has 0 amide bonds. The normalized spacial score (nSPS) is 28.1. The molecule has 0 aliphatic carbocycles. The van der Waals surface area contributed by atoms with Gasteiger partial charge in [-0.15, -0.1) is 24.0 Å². The topological polar surface area (TPSA) is 61.8 Å². The second-order valence-corrected chi connectivity index (χ2v) is 7.98. The number of rotatable bonds is 4. The van der Waals surface area contributed by atoms with Crippen LogP contribution < -0.4 is 15.5 Å². The van der Waals surface area contributed by atoms with Crippen molar-refractivity contribution >= 4 is 35.8 Å². The van der Waals surface area contributed by atoms with Crippen LogP contribution in [0.25, 0.3) is 0 Å². The molecule has 27 heavy (non-hydrogen) atoms. The van der Waals surface area contributed by atoms with Gasteiger partial charge in [-0.3, -0.25) is 4.99 Å². The van der Waals surface area contributed by atoms with E-state index in [1.54, 1.807) is 0 Å². The number of fused-ring (bicyclic) bond motifs is 2. The summed E-state index contributed by atoms with van der Waals surface area (Å²) in [6.45, 7) is 5.30. The quantitative estimate of drug-likeness (QED) is 0.390. The van der Waals surface area contributed by atoms with Crippen LogP contribution in [0.3, 0.4) is 0 Å². The zero-order valence-electron chi connectivity index (χ0n) is 16.4. The Balaban J connectivity index is 0.00000210. The van der Waals surface area contributed by atoms with E-state index in [1.165, 1.54) is 31.2 Å². The fourth-order valence-electron chi connectivity index (χ4n) is 4.29. The fraction of sp³-hybridized carbons (Fsp3) is 0.700. The largest absolute Gasteiger partial charge is 0.373 e. The molecule has 3 atom stereocenters. The Bertz CT molecular complexity index is 630. The molecule has 150 valence electrons. The van der Waals surface area contributed by atoms with Gasteiger partial charge >= 0.3 is 0 Å². The summed E-state index contributed by atoms with van der Waals surface area (Å²) in [5.74, 6) is 2.79. The number of piperidine rings is 1. The first kappa shape index (κ1) is 20.6. The standard InChI is InChI=1S/C20H31N5O.HI/c1-14-7-9-25(10-8-14)19-6-3-15(12-22-19)13-23-20(21-2)24-17-11-16-4-5-18(17)26-16;/h3,6,12,14,16-18H,4-5,7-11,13H2,1-2H3,(H2,21,23,24);1H. The van der Waals surface area contributed by atoms with Crippen LogP contribution >= 0.6 is 24.0 Å². The lowest BCUT2D eigenvalue weighted by Gasteiger charge is -2.31. The van der Waals surface area contributed by atoms with Crippen molar-refractivity contribution in [3.63, 3.8) is 0 Å². The third-order valence-corrected chi connectivity index (χ3v) is 6.03. The number of hydrogen-bond acceptors (Lipinski definition) is 4. The SMILES string of the molecule is CN=C(NCc1ccc(N2CCC(C)CC2)nc1)NC1CC2CCC1O2.I. The van der Waals surface area contributed by atoms with E-state index >= 15 is 0 Å². The predicted octanol–water partition coefficient (Wildman–Crippen LogP) is 2.92. The van der Waals surface area contributed by atoms with E-state index in [0.717, 1.165) is 43.8 Å². The number of pyridine rings is 1. The molecule has 4 rings (SSSR count). The van der Waals surface area contributed by atoms with Crippen LogP contribution in [0.4, 0.5) is 5.82 Å². The summed E-state index contributed by atoms with van der Waals surface area (Å²) in [4.78, 5) is 11.4. The molecule has 0 saturated carbocycles. The van der Waals surface area contributed by atoms with E-state index in [1.807, 2.05) is 13.2 Å². The van der Waals surface area contributed by atoms with Gasteiger partial charge in [0.05, 0.1) is 18.2 Å². The molecule has 1 aromatic heterocycles. The van der Waals surface area contributed by atoms with Crippen LogP contribution in [0.5, 0.6) is 0 Å². The molecule has 4 heterocycles. The van der Waals surface area contributed by atoms with E-state index in [0.29, 0.717) is 18.2 Å². The van der Waals surface area contributed by atoms with Gasteiger partial charge < -0.3 is 20.3 Å². The van der Waals surface area contributed by atoms with E-state index in [9.17, 15) is 0 Å². The Kier molecular flexibility index (Phi) is 7.19. The Morgan fingerprint density at radius 2 is 2.07 bits per heavy atom. The third-order valence-electron chi connectivity index (χ3n) is 6.03. The van der Waals surface area contributed by atoms with Gasteiger partial charge in [-0.05, 0) is 49.7 Å². The van der Waals surface area contributed by atoms with E-state index < -0.39 is 0 Å². The van der Waals surface area contributed by atoms with E-state index in [-0.39, 0.29) is 24.0 Å². The third kappa shape index (κ3) is 5.04. The van der Waals surface area contributed by atoms with Crippen molar-refractivity contribution in [1.29, 1.82) is 0 Å². The minimum absolute atomic E-state index is 0. The first-order chi connectivity index (χ1) is 12.7. The van der Waals surface area contributed by atoms with Crippen LogP contribution in [-0.4, -0.2) is 49.3 Å². The van der Waals surface area contributed by atoms with Gasteiger partial charge in [-0.1, -0.05) is 13.0 Å². The number of anilines is 1. The van der Waals surface area contributed by atoms with Crippen molar-refractivity contribution in [3.05, 3.63) is 23.9 Å². The number of hydrogen-bond donors (Lipinski definition) is 2. The lowest BCUT2D eigenvalue weighted by atomic mass is 9.96. The van der Waals surface area contributed by atoms with Gasteiger partial charge in [0.25, 0.3) is 0 Å². The number of halogens is 1. The van der Waals surface area contributed by atoms with Crippen molar-refractivity contribution < 1.29 is 4.74 Å². The fourth-order valence-corrected chi connectivity index (χ4v) is 4.29. The van der Waals surface area contributed by atoms with Crippen LogP contribution in [0.2, 0.25) is 0 Å². The average Bonchev–Trinajstić information content (AvgIpc) is 3.29. The molecule has 7 heteroatoms. The van der Waals surface area contributed by atoms with E-state index in [4.69, 9.17) is 4.74 Å². The first-order valence-electron chi connectivity index (χ1n) is 10.0. The van der Waals surface area contributed by atoms with Crippen molar-refractivity contribution in [1.82, 2.24) is 15.6 Å². The zero-order valence-corrected chi connectivity index (χ0v) is 18.7. The lowest BCUT2D eigenvalue weighted by Crippen LogP contribution is -2.47. The Hall–Kier alpha value is -1.09. The number of nitrogens with zero attached hydrogens (tertiary/aromatic N) is 3. The molecule has 3 aliphatic rings. The molecule has 3 saturated heterocycles. The molecular weight excluding hydrogens is 453 g/mol. The minimum atomic E-state index is 0. The Labute approximate surface area is 179 Å². The molecule has 0 radical (unpaired) electrons. The maximum atomic E-state index is 5.91. The van der Waals surface area contributed by atoms with Gasteiger partial charge in [0.15, 0.2) is 5.96 Å². The smallest absolute Gasteiger partial charge is 0.191 e. The highest BCUT2D eigenvalue weighted by molar-refractivity contribution is 14.0. The van der Waals surface area contributed by atoms with Crippen LogP contribution in [0, 0.1) is 5.92 Å². The summed E-state index contributed by atoms with van der Waals surface area (Å²) in [7, 11) is 1.82. The van der Waals surface area contributed by atoms with Gasteiger partial charge in [0, 0.05) is 32.9 Å². The average molecular weight is 485 g/mol. The summed E-state index contributed by atoms with van der Waals surface area (Å²) in [6, 6.07) is 4.70. The summed E-state index contributed by atoms with van der Waals surface area (Å²) < 4.78 is 5.91. The number of aromatic nitrogens is 1. The molecule has 0 aromatic carbocycles. The van der Waals surface area contributed by atoms with Crippen LogP contribution in [0.1, 0.15) is 44.6 Å². The van der Waals surface area contributed by atoms with Crippen LogP contribution in [-0.2, 0) is 11.3 Å². The number of ether oxygens (including phenoxy) is 1. The molecule has 2 N–H and O–H groups in total. The number of aliphatic imine (C=N–C) groups is 1. The molecular formula is C20H32IN5O. The second kappa shape index (κ2) is 9.41. The highest BCUT2D eigenvalue weighted by atomic mass is 127. The minimum Gasteiger partial charge on any atom is -0.373 e. The summed E-state index contributed by atoms with van der Waals surface area (Å²) in [6.07, 6.45) is 8.78. The number of guanidine groups is 1. The Morgan fingerprint density at radius 1 is 1.26 bits per heavy atom. The molecule has 0 spiro atoms. The van der Waals surface area contributed by atoms with Crippen molar-refractivity contribution in [2.75, 3.05) is 25.0 Å². The van der Waals surface area contributed by atoms with Gasteiger partial charge in [-0.25, -0.2) is 4.98 Å². The van der Waals surface area contributed by atoms with Crippen molar-refractivity contribution in [3.8, 4) is 0 Å². The summed E-state index contributed by atoms with van der Waals surface area (Å²) >= 11 is 0. The van der Waals surface area contributed by atoms with Gasteiger partial charge in [0.1, 0.15) is 5.82 Å². The summed E-state index contributed by atoms with van der Waals surface area (Å²) in [5, 5.41) is 6.93. The lowest BCUT2D eigenvalue weighted by molar-refractivity contribution is 0.0992. The summed E-state index contributed by atoms with van der Waals surface area (Å²) in [5.41, 5.74) is 1.17. The molecule has 1 aromatic rings. The second-order valence-electron chi connectivity index (χ2n) is 7.98. The van der Waals surface area contributed by atoms with Crippen molar-refractivity contribution in [2.45, 2.75) is 63.8 Å². The monoisotopic (exact) mass is 485 g/mol. The molecule has 6 nitrogen and oxygen atoms in total. The highest BCUT2D eigenvalue weighted by Gasteiger charge is 2.41. The first-order valence-corrected chi connectivity index (χ1v) is 10.0. The molecule has 3 fully saturated rings. The van der Waals surface area contributed by atoms with Crippen molar-refractivity contribution in [2.24, 2.45) is 10.9 Å². The van der Waals surface area contributed by atoms with E-state index in [2.05, 4.69) is 44.6 Å². The Morgan fingerprint density at radius 3 is 2.67 bits per heavy atom. The van der Waals surface area contributed by atoms with Gasteiger partial charge in [0.2, 0.25) is 0 Å². The number of nitrogens with one attached hydrogen (secondary N) is 2.